The second kappa shape index (κ2) is 9.12. The lowest BCUT2D eigenvalue weighted by Crippen LogP contribution is -2.29. The molecule has 1 N–H and O–H groups in total. The molecule has 0 atom stereocenters. The number of rotatable bonds is 5. The number of amides is 2. The second-order valence-electron chi connectivity index (χ2n) is 5.07. The SMILES string of the molecule is C=CCOC(=O)Nc1cccc(OC(=O)N(C)c2ccc(Cl)c(Cl)c2)c1. The summed E-state index contributed by atoms with van der Waals surface area (Å²) in [4.78, 5) is 25.1. The molecule has 0 aliphatic heterocycles. The average Bonchev–Trinajstić information content (AvgIpc) is 2.62. The van der Waals surface area contributed by atoms with Gasteiger partial charge in [0, 0.05) is 24.5 Å². The van der Waals surface area contributed by atoms with Crippen LogP contribution >= 0.6 is 23.2 Å². The molecule has 0 heterocycles. The van der Waals surface area contributed by atoms with Crippen LogP contribution in [0.3, 0.4) is 0 Å². The zero-order chi connectivity index (χ0) is 19.1. The summed E-state index contributed by atoms with van der Waals surface area (Å²) in [6, 6.07) is 11.1. The number of hydrogen-bond donors (Lipinski definition) is 1. The third-order valence-corrected chi connectivity index (χ3v) is 3.92. The normalized spacial score (nSPS) is 9.96. The van der Waals surface area contributed by atoms with E-state index in [4.69, 9.17) is 32.7 Å². The molecule has 0 aliphatic rings. The average molecular weight is 395 g/mol. The Labute approximate surface area is 160 Å². The van der Waals surface area contributed by atoms with Crippen molar-refractivity contribution in [3.05, 3.63) is 65.2 Å². The van der Waals surface area contributed by atoms with Gasteiger partial charge in [-0.3, -0.25) is 10.2 Å². The first kappa shape index (κ1) is 19.6. The molecule has 0 aliphatic carbocycles. The molecule has 0 bridgehead atoms. The Kier molecular flexibility index (Phi) is 6.89. The summed E-state index contributed by atoms with van der Waals surface area (Å²) in [6.07, 6.45) is 0.187. The Balaban J connectivity index is 2.04. The molecule has 136 valence electrons. The lowest BCUT2D eigenvalue weighted by atomic mass is 10.3. The molecular weight excluding hydrogens is 379 g/mol. The lowest BCUT2D eigenvalue weighted by molar-refractivity contribution is 0.174. The van der Waals surface area contributed by atoms with Gasteiger partial charge in [-0.1, -0.05) is 41.9 Å². The van der Waals surface area contributed by atoms with Gasteiger partial charge in [0.2, 0.25) is 0 Å². The van der Waals surface area contributed by atoms with Crippen molar-refractivity contribution in [1.29, 1.82) is 0 Å². The highest BCUT2D eigenvalue weighted by Gasteiger charge is 2.15. The smallest absolute Gasteiger partial charge is 0.419 e. The van der Waals surface area contributed by atoms with Crippen LogP contribution in [-0.4, -0.2) is 25.8 Å². The van der Waals surface area contributed by atoms with Crippen LogP contribution in [-0.2, 0) is 4.74 Å². The van der Waals surface area contributed by atoms with Gasteiger partial charge >= 0.3 is 12.2 Å². The number of nitrogens with one attached hydrogen (secondary N) is 1. The molecule has 6 nitrogen and oxygen atoms in total. The molecule has 0 unspecified atom stereocenters. The molecule has 26 heavy (non-hydrogen) atoms. The van der Waals surface area contributed by atoms with Gasteiger partial charge < -0.3 is 9.47 Å². The summed E-state index contributed by atoms with van der Waals surface area (Å²) in [6.45, 7) is 3.55. The monoisotopic (exact) mass is 394 g/mol. The minimum absolute atomic E-state index is 0.0922. The van der Waals surface area contributed by atoms with E-state index in [0.29, 0.717) is 21.4 Å². The highest BCUT2D eigenvalue weighted by molar-refractivity contribution is 6.42. The molecule has 2 aromatic carbocycles. The van der Waals surface area contributed by atoms with E-state index < -0.39 is 12.2 Å². The Morgan fingerprint density at radius 2 is 1.96 bits per heavy atom. The first-order valence-electron chi connectivity index (χ1n) is 7.46. The van der Waals surface area contributed by atoms with Crippen LogP contribution in [0.2, 0.25) is 10.0 Å². The van der Waals surface area contributed by atoms with Crippen molar-refractivity contribution in [3.63, 3.8) is 0 Å². The maximum absolute atomic E-state index is 12.3. The first-order valence-corrected chi connectivity index (χ1v) is 8.21. The quantitative estimate of drug-likeness (QED) is 0.692. The summed E-state index contributed by atoms with van der Waals surface area (Å²) in [7, 11) is 1.54. The van der Waals surface area contributed by atoms with Crippen LogP contribution in [0.4, 0.5) is 21.0 Å². The third-order valence-electron chi connectivity index (χ3n) is 3.18. The predicted molar refractivity (Wildman–Crippen MR) is 102 cm³/mol. The Morgan fingerprint density at radius 3 is 2.65 bits per heavy atom. The van der Waals surface area contributed by atoms with Crippen LogP contribution < -0.4 is 15.0 Å². The minimum atomic E-state index is -0.638. The topological polar surface area (TPSA) is 67.9 Å². The Morgan fingerprint density at radius 1 is 1.19 bits per heavy atom. The number of benzene rings is 2. The number of hydrogen-bond acceptors (Lipinski definition) is 4. The summed E-state index contributed by atoms with van der Waals surface area (Å²) in [5.41, 5.74) is 0.938. The van der Waals surface area contributed by atoms with Gasteiger partial charge in [0.1, 0.15) is 12.4 Å². The molecule has 0 radical (unpaired) electrons. The number of carbonyl (C=O) groups is 2. The van der Waals surface area contributed by atoms with Gasteiger partial charge in [0.25, 0.3) is 0 Å². The second-order valence-corrected chi connectivity index (χ2v) is 5.88. The van der Waals surface area contributed by atoms with E-state index in [1.807, 2.05) is 0 Å². The van der Waals surface area contributed by atoms with Crippen molar-refractivity contribution in [3.8, 4) is 5.75 Å². The van der Waals surface area contributed by atoms with Crippen LogP contribution in [0, 0.1) is 0 Å². The van der Waals surface area contributed by atoms with Crippen LogP contribution in [0.5, 0.6) is 5.75 Å². The fourth-order valence-corrected chi connectivity index (χ4v) is 2.19. The van der Waals surface area contributed by atoms with Gasteiger partial charge in [-0.2, -0.15) is 0 Å². The third kappa shape index (κ3) is 5.40. The van der Waals surface area contributed by atoms with Crippen molar-refractivity contribution in [2.24, 2.45) is 0 Å². The fourth-order valence-electron chi connectivity index (χ4n) is 1.89. The van der Waals surface area contributed by atoms with Gasteiger partial charge in [0.05, 0.1) is 10.0 Å². The van der Waals surface area contributed by atoms with Gasteiger partial charge in [-0.15, -0.1) is 0 Å². The van der Waals surface area contributed by atoms with E-state index in [0.717, 1.165) is 0 Å². The molecule has 0 saturated carbocycles. The highest BCUT2D eigenvalue weighted by Crippen LogP contribution is 2.27. The molecular formula is C18H16Cl2N2O4. The number of carbonyl (C=O) groups excluding carboxylic acids is 2. The molecule has 2 aromatic rings. The van der Waals surface area contributed by atoms with Crippen LogP contribution in [0.15, 0.2) is 55.1 Å². The Hall–Kier alpha value is -2.70. The van der Waals surface area contributed by atoms with Gasteiger partial charge in [0.15, 0.2) is 0 Å². The number of anilines is 2. The summed E-state index contributed by atoms with van der Waals surface area (Å²) < 4.78 is 10.1. The molecule has 0 fully saturated rings. The standard InChI is InChI=1S/C18H16Cl2N2O4/c1-3-9-25-17(23)21-12-5-4-6-14(10-12)26-18(24)22(2)13-7-8-15(19)16(20)11-13/h3-8,10-11H,1,9H2,2H3,(H,21,23). The summed E-state index contributed by atoms with van der Waals surface area (Å²) in [5, 5.41) is 3.23. The zero-order valence-corrected chi connectivity index (χ0v) is 15.4. The number of nitrogens with zero attached hydrogens (tertiary/aromatic N) is 1. The maximum atomic E-state index is 12.3. The van der Waals surface area contributed by atoms with Crippen LogP contribution in [0.1, 0.15) is 0 Å². The van der Waals surface area contributed by atoms with Crippen molar-refractivity contribution in [2.45, 2.75) is 0 Å². The molecule has 2 amide bonds. The van der Waals surface area contributed by atoms with E-state index in [9.17, 15) is 9.59 Å². The van der Waals surface area contributed by atoms with E-state index in [1.54, 1.807) is 36.4 Å². The van der Waals surface area contributed by atoms with Crippen molar-refractivity contribution < 1.29 is 19.1 Å². The molecule has 2 rings (SSSR count). The fraction of sp³-hybridized carbons (Fsp3) is 0.111. The Bertz CT molecular complexity index is 827. The van der Waals surface area contributed by atoms with E-state index >= 15 is 0 Å². The van der Waals surface area contributed by atoms with E-state index in [-0.39, 0.29) is 12.4 Å². The minimum Gasteiger partial charge on any atom is -0.445 e. The molecule has 0 aromatic heterocycles. The van der Waals surface area contributed by atoms with Crippen molar-refractivity contribution >= 4 is 46.8 Å². The zero-order valence-electron chi connectivity index (χ0n) is 13.9. The van der Waals surface area contributed by atoms with Crippen molar-refractivity contribution in [2.75, 3.05) is 23.9 Å². The van der Waals surface area contributed by atoms with Gasteiger partial charge in [-0.25, -0.2) is 9.59 Å². The summed E-state index contributed by atoms with van der Waals surface area (Å²) >= 11 is 11.8. The first-order chi connectivity index (χ1) is 12.4. The van der Waals surface area contributed by atoms with E-state index in [2.05, 4.69) is 11.9 Å². The lowest BCUT2D eigenvalue weighted by Gasteiger charge is -2.17. The predicted octanol–water partition coefficient (Wildman–Crippen LogP) is 5.36. The van der Waals surface area contributed by atoms with Gasteiger partial charge in [-0.05, 0) is 30.3 Å². The largest absolute Gasteiger partial charge is 0.445 e. The van der Waals surface area contributed by atoms with E-state index in [1.165, 1.54) is 24.1 Å². The van der Waals surface area contributed by atoms with Crippen LogP contribution in [0.25, 0.3) is 0 Å². The molecule has 0 spiro atoms. The van der Waals surface area contributed by atoms with Crippen molar-refractivity contribution in [1.82, 2.24) is 0 Å². The number of ether oxygens (including phenoxy) is 2. The molecule has 0 saturated heterocycles. The maximum Gasteiger partial charge on any atom is 0.419 e. The highest BCUT2D eigenvalue weighted by atomic mass is 35.5. The summed E-state index contributed by atoms with van der Waals surface area (Å²) in [5.74, 6) is 0.253. The molecule has 8 heteroatoms. The number of halogens is 2.